The lowest BCUT2D eigenvalue weighted by Crippen LogP contribution is -2.59. The summed E-state index contributed by atoms with van der Waals surface area (Å²) in [5, 5.41) is 61.6. The zero-order valence-corrected chi connectivity index (χ0v) is 20.3. The van der Waals surface area contributed by atoms with Crippen LogP contribution in [0.1, 0.15) is 84.0 Å². The Morgan fingerprint density at radius 1 is 0.971 bits per heavy atom. The number of ether oxygens (including phenoxy) is 2. The van der Waals surface area contributed by atoms with Crippen LogP contribution < -0.4 is 5.32 Å². The molecule has 0 unspecified atom stereocenters. The molecule has 2 aliphatic rings. The fourth-order valence-corrected chi connectivity index (χ4v) is 4.84. The van der Waals surface area contributed by atoms with Crippen molar-refractivity contribution in [2.45, 2.75) is 139 Å². The van der Waals surface area contributed by atoms with Crippen molar-refractivity contribution in [2.24, 2.45) is 0 Å². The molecule has 0 aromatic heterocycles. The molecule has 0 radical (unpaired) electrons. The Hall–Kier alpha value is -0.850. The normalized spacial score (nSPS) is 35.2. The maximum atomic E-state index is 11.2. The number of aliphatic hydroxyl groups excluding tert-OH is 5. The van der Waals surface area contributed by atoms with Gasteiger partial charge in [0.2, 0.25) is 0 Å². The van der Waals surface area contributed by atoms with E-state index in [9.17, 15) is 35.4 Å². The molecule has 10 heteroatoms. The minimum atomic E-state index is -1.55. The second-order valence-corrected chi connectivity index (χ2v) is 9.90. The van der Waals surface area contributed by atoms with E-state index in [0.717, 1.165) is 51.4 Å². The van der Waals surface area contributed by atoms with E-state index in [1.165, 1.54) is 12.8 Å². The van der Waals surface area contributed by atoms with Gasteiger partial charge in [0.1, 0.15) is 24.4 Å². The number of rotatable bonds is 15. The lowest BCUT2D eigenvalue weighted by atomic mass is 9.93. The second-order valence-electron chi connectivity index (χ2n) is 9.90. The zero-order valence-electron chi connectivity index (χ0n) is 20.3. The molecule has 0 aromatic rings. The maximum Gasteiger partial charge on any atom is 0.305 e. The fraction of sp³-hybridized carbons (Fsp3) is 0.958. The van der Waals surface area contributed by atoms with Gasteiger partial charge in [-0.3, -0.25) is 4.79 Å². The van der Waals surface area contributed by atoms with Gasteiger partial charge in [-0.2, -0.15) is 0 Å². The zero-order chi connectivity index (χ0) is 25.1. The molecule has 0 aromatic carbocycles. The topological polar surface area (TPSA) is 169 Å². The molecule has 0 bridgehead atoms. The largest absolute Gasteiger partial charge is 0.481 e. The number of carbonyl (C=O) groups is 1. The van der Waals surface area contributed by atoms with Crippen molar-refractivity contribution < 1.29 is 44.9 Å². The molecule has 2 saturated heterocycles. The Morgan fingerprint density at radius 2 is 1.62 bits per heavy atom. The number of carboxylic acids is 1. The third-order valence-corrected chi connectivity index (χ3v) is 7.04. The van der Waals surface area contributed by atoms with Gasteiger partial charge in [-0.15, -0.1) is 0 Å². The van der Waals surface area contributed by atoms with E-state index in [1.807, 2.05) is 6.92 Å². The van der Waals surface area contributed by atoms with Gasteiger partial charge in [0.25, 0.3) is 0 Å². The molecule has 2 fully saturated rings. The van der Waals surface area contributed by atoms with Crippen molar-refractivity contribution in [3.8, 4) is 0 Å². The predicted octanol–water partition coefficient (Wildman–Crippen LogP) is 0.659. The molecule has 200 valence electrons. The predicted molar refractivity (Wildman–Crippen MR) is 124 cm³/mol. The Morgan fingerprint density at radius 3 is 2.24 bits per heavy atom. The number of hydrogen-bond donors (Lipinski definition) is 7. The third-order valence-electron chi connectivity index (χ3n) is 7.04. The first-order valence-corrected chi connectivity index (χ1v) is 12.8. The molecule has 34 heavy (non-hydrogen) atoms. The molecule has 2 heterocycles. The molecule has 2 rings (SSSR count). The smallest absolute Gasteiger partial charge is 0.305 e. The van der Waals surface area contributed by atoms with Crippen LogP contribution in [0.5, 0.6) is 0 Å². The summed E-state index contributed by atoms with van der Waals surface area (Å²) in [5.41, 5.74) is 0. The van der Waals surface area contributed by atoms with Crippen LogP contribution >= 0.6 is 0 Å². The molecule has 2 aliphatic heterocycles. The summed E-state index contributed by atoms with van der Waals surface area (Å²) in [6.45, 7) is 1.47. The number of piperidine rings is 1. The van der Waals surface area contributed by atoms with Crippen molar-refractivity contribution in [3.05, 3.63) is 0 Å². The quantitative estimate of drug-likeness (QED) is 0.162. The molecule has 9 atom stereocenters. The Balaban J connectivity index is 1.60. The molecular formula is C24H45NO9. The van der Waals surface area contributed by atoms with Crippen LogP contribution in [0.3, 0.4) is 0 Å². The standard InChI is InChI=1S/C24H45NO9/c1-15-18(27)12-11-16(25-15)9-7-5-3-2-4-6-8-10-17(13-20(28)29)33-24-23(32)22(31)21(30)19(14-26)34-24/h15-19,21-27,30-32H,2-14H2,1H3,(H,28,29)/t15-,16+,17-,18+,19+,21+,22-,23+,24+/m0/s1. The van der Waals surface area contributed by atoms with E-state index in [-0.39, 0.29) is 18.6 Å². The van der Waals surface area contributed by atoms with Gasteiger partial charge in [-0.25, -0.2) is 0 Å². The van der Waals surface area contributed by atoms with Crippen LogP contribution in [0.15, 0.2) is 0 Å². The van der Waals surface area contributed by atoms with Gasteiger partial charge in [0, 0.05) is 12.1 Å². The summed E-state index contributed by atoms with van der Waals surface area (Å²) in [6.07, 6.45) is 2.74. The van der Waals surface area contributed by atoms with Crippen LogP contribution in [0, 0.1) is 0 Å². The number of nitrogens with one attached hydrogen (secondary N) is 1. The molecule has 0 spiro atoms. The SMILES string of the molecule is C[C@@H]1N[C@H](CCCCCCCCC[C@@H](CC(=O)O)O[C@@H]2O[C@H](CO)[C@@H](O)[C@H](O)[C@H]2O)CC[C@H]1O. The minimum absolute atomic E-state index is 0.174. The summed E-state index contributed by atoms with van der Waals surface area (Å²) in [5.74, 6) is -1.04. The van der Waals surface area contributed by atoms with Crippen molar-refractivity contribution in [1.29, 1.82) is 0 Å². The minimum Gasteiger partial charge on any atom is -0.481 e. The number of hydrogen-bond acceptors (Lipinski definition) is 9. The summed E-state index contributed by atoms with van der Waals surface area (Å²) < 4.78 is 11.0. The highest BCUT2D eigenvalue weighted by Gasteiger charge is 2.44. The Labute approximate surface area is 202 Å². The number of unbranched alkanes of at least 4 members (excludes halogenated alkanes) is 6. The van der Waals surface area contributed by atoms with Crippen molar-refractivity contribution in [3.63, 3.8) is 0 Å². The van der Waals surface area contributed by atoms with E-state index in [2.05, 4.69) is 5.32 Å². The fourth-order valence-electron chi connectivity index (χ4n) is 4.84. The summed E-state index contributed by atoms with van der Waals surface area (Å²) in [4.78, 5) is 11.2. The maximum absolute atomic E-state index is 11.2. The summed E-state index contributed by atoms with van der Waals surface area (Å²) in [6, 6.07) is 0.682. The molecule has 10 nitrogen and oxygen atoms in total. The van der Waals surface area contributed by atoms with Gasteiger partial charge in [0.15, 0.2) is 6.29 Å². The van der Waals surface area contributed by atoms with E-state index in [1.54, 1.807) is 0 Å². The number of aliphatic hydroxyl groups is 5. The molecule has 0 saturated carbocycles. The number of carboxylic acid groups (broad SMARTS) is 1. The van der Waals surface area contributed by atoms with Gasteiger partial charge in [0.05, 0.1) is 25.2 Å². The van der Waals surface area contributed by atoms with E-state index in [0.29, 0.717) is 12.5 Å². The first kappa shape index (κ1) is 29.4. The average Bonchev–Trinajstić information content (AvgIpc) is 2.80. The monoisotopic (exact) mass is 491 g/mol. The van der Waals surface area contributed by atoms with Crippen LogP contribution in [0.2, 0.25) is 0 Å². The lowest BCUT2D eigenvalue weighted by Gasteiger charge is -2.40. The van der Waals surface area contributed by atoms with Gasteiger partial charge >= 0.3 is 5.97 Å². The van der Waals surface area contributed by atoms with Crippen LogP contribution in [-0.2, 0) is 14.3 Å². The summed E-state index contributed by atoms with van der Waals surface area (Å²) >= 11 is 0. The van der Waals surface area contributed by atoms with Crippen LogP contribution in [-0.4, -0.2) is 98.2 Å². The lowest BCUT2D eigenvalue weighted by molar-refractivity contribution is -0.311. The second kappa shape index (κ2) is 15.3. The molecule has 7 N–H and O–H groups in total. The van der Waals surface area contributed by atoms with E-state index < -0.39 is 49.4 Å². The van der Waals surface area contributed by atoms with E-state index >= 15 is 0 Å². The first-order valence-electron chi connectivity index (χ1n) is 12.8. The van der Waals surface area contributed by atoms with Crippen molar-refractivity contribution in [1.82, 2.24) is 5.32 Å². The van der Waals surface area contributed by atoms with Crippen LogP contribution in [0.4, 0.5) is 0 Å². The molecular weight excluding hydrogens is 446 g/mol. The highest BCUT2D eigenvalue weighted by molar-refractivity contribution is 5.67. The Kier molecular flexibility index (Phi) is 13.2. The van der Waals surface area contributed by atoms with Crippen LogP contribution in [0.25, 0.3) is 0 Å². The molecule has 0 amide bonds. The van der Waals surface area contributed by atoms with Gasteiger partial charge in [-0.05, 0) is 32.6 Å². The average molecular weight is 492 g/mol. The first-order chi connectivity index (χ1) is 16.2. The molecule has 0 aliphatic carbocycles. The van der Waals surface area contributed by atoms with Gasteiger partial charge in [-0.1, -0.05) is 44.9 Å². The highest BCUT2D eigenvalue weighted by atomic mass is 16.7. The van der Waals surface area contributed by atoms with Crippen molar-refractivity contribution in [2.75, 3.05) is 6.61 Å². The summed E-state index contributed by atoms with van der Waals surface area (Å²) in [7, 11) is 0. The highest BCUT2D eigenvalue weighted by Crippen LogP contribution is 2.25. The number of aliphatic carboxylic acids is 1. The Bertz CT molecular complexity index is 579. The van der Waals surface area contributed by atoms with Gasteiger partial charge < -0.3 is 45.4 Å². The van der Waals surface area contributed by atoms with E-state index in [4.69, 9.17) is 9.47 Å². The third kappa shape index (κ3) is 9.66. The van der Waals surface area contributed by atoms with Crippen molar-refractivity contribution >= 4 is 5.97 Å².